The SMILES string of the molecule is CC(=O)NCCN(CCCCc1ccc2c(n1)NCCC2)CC[C@](C=O)(CO)Nc1cc(-c2ccccc2)ccn1. The summed E-state index contributed by atoms with van der Waals surface area (Å²) >= 11 is 0. The van der Waals surface area contributed by atoms with Gasteiger partial charge in [0.15, 0.2) is 0 Å². The molecule has 4 N–H and O–H groups in total. The third-order valence-electron chi connectivity index (χ3n) is 7.54. The predicted octanol–water partition coefficient (Wildman–Crippen LogP) is 3.69. The van der Waals surface area contributed by atoms with Crippen LogP contribution in [0.15, 0.2) is 60.8 Å². The first kappa shape index (κ1) is 30.1. The summed E-state index contributed by atoms with van der Waals surface area (Å²) in [5.74, 6) is 1.49. The van der Waals surface area contributed by atoms with Crippen molar-refractivity contribution >= 4 is 23.8 Å². The maximum absolute atomic E-state index is 12.3. The molecular formula is C32H42N6O3. The molecular weight excluding hydrogens is 516 g/mol. The number of amides is 1. The van der Waals surface area contributed by atoms with E-state index >= 15 is 0 Å². The fourth-order valence-corrected chi connectivity index (χ4v) is 5.10. The summed E-state index contributed by atoms with van der Waals surface area (Å²) in [5, 5.41) is 19.8. The summed E-state index contributed by atoms with van der Waals surface area (Å²) in [5.41, 5.74) is 3.24. The zero-order valence-electron chi connectivity index (χ0n) is 23.9. The Hall–Kier alpha value is -3.82. The number of anilines is 2. The highest BCUT2D eigenvalue weighted by Gasteiger charge is 2.30. The van der Waals surface area contributed by atoms with Crippen LogP contribution < -0.4 is 16.0 Å². The van der Waals surface area contributed by atoms with E-state index in [4.69, 9.17) is 4.98 Å². The van der Waals surface area contributed by atoms with Crippen LogP contribution in [-0.2, 0) is 22.4 Å². The van der Waals surface area contributed by atoms with E-state index in [-0.39, 0.29) is 12.5 Å². The zero-order valence-corrected chi connectivity index (χ0v) is 23.9. The molecule has 3 aromatic rings. The van der Waals surface area contributed by atoms with Gasteiger partial charge < -0.3 is 30.8 Å². The van der Waals surface area contributed by atoms with E-state index in [1.165, 1.54) is 12.5 Å². The molecule has 0 aliphatic carbocycles. The van der Waals surface area contributed by atoms with Crippen molar-refractivity contribution in [3.05, 3.63) is 72.1 Å². The molecule has 1 amide bonds. The average Bonchev–Trinajstić information content (AvgIpc) is 3.01. The minimum atomic E-state index is -1.17. The summed E-state index contributed by atoms with van der Waals surface area (Å²) in [4.78, 5) is 35.2. The fraction of sp³-hybridized carbons (Fsp3) is 0.438. The molecule has 4 rings (SSSR count). The van der Waals surface area contributed by atoms with Gasteiger partial charge in [0.25, 0.3) is 0 Å². The molecule has 0 bridgehead atoms. The molecule has 3 heterocycles. The summed E-state index contributed by atoms with van der Waals surface area (Å²) in [7, 11) is 0. The lowest BCUT2D eigenvalue weighted by Gasteiger charge is -2.31. The Bertz CT molecular complexity index is 1270. The number of rotatable bonds is 16. The largest absolute Gasteiger partial charge is 0.393 e. The van der Waals surface area contributed by atoms with E-state index in [2.05, 4.69) is 38.0 Å². The normalized spacial score (nSPS) is 14.0. The van der Waals surface area contributed by atoms with Gasteiger partial charge in [-0.25, -0.2) is 9.97 Å². The van der Waals surface area contributed by atoms with Gasteiger partial charge in [-0.1, -0.05) is 36.4 Å². The van der Waals surface area contributed by atoms with Crippen LogP contribution in [0, 0.1) is 0 Å². The zero-order chi connectivity index (χ0) is 28.9. The summed E-state index contributed by atoms with van der Waals surface area (Å²) in [6.45, 7) is 4.69. The van der Waals surface area contributed by atoms with Crippen LogP contribution in [0.25, 0.3) is 11.1 Å². The molecule has 9 nitrogen and oxygen atoms in total. The van der Waals surface area contributed by atoms with Gasteiger partial charge >= 0.3 is 0 Å². The van der Waals surface area contributed by atoms with Crippen LogP contribution >= 0.6 is 0 Å². The van der Waals surface area contributed by atoms with Crippen molar-refractivity contribution in [2.24, 2.45) is 0 Å². The predicted molar refractivity (Wildman–Crippen MR) is 163 cm³/mol. The van der Waals surface area contributed by atoms with Crippen LogP contribution in [0.3, 0.4) is 0 Å². The van der Waals surface area contributed by atoms with Crippen molar-refractivity contribution in [1.29, 1.82) is 0 Å². The van der Waals surface area contributed by atoms with Gasteiger partial charge in [-0.3, -0.25) is 4.79 Å². The number of carbonyl (C=O) groups excluding carboxylic acids is 2. The lowest BCUT2D eigenvalue weighted by atomic mass is 9.97. The molecule has 1 aromatic carbocycles. The van der Waals surface area contributed by atoms with Gasteiger partial charge in [-0.2, -0.15) is 0 Å². The molecule has 9 heteroatoms. The number of fused-ring (bicyclic) bond motifs is 1. The highest BCUT2D eigenvalue weighted by Crippen LogP contribution is 2.24. The topological polar surface area (TPSA) is 119 Å². The van der Waals surface area contributed by atoms with Crippen LogP contribution in [0.2, 0.25) is 0 Å². The molecule has 41 heavy (non-hydrogen) atoms. The van der Waals surface area contributed by atoms with E-state index in [0.29, 0.717) is 31.9 Å². The first-order valence-electron chi connectivity index (χ1n) is 14.6. The lowest BCUT2D eigenvalue weighted by Crippen LogP contribution is -2.47. The number of hydrogen-bond donors (Lipinski definition) is 4. The van der Waals surface area contributed by atoms with E-state index in [9.17, 15) is 14.7 Å². The molecule has 1 aliphatic rings. The van der Waals surface area contributed by atoms with Crippen molar-refractivity contribution in [2.75, 3.05) is 50.0 Å². The van der Waals surface area contributed by atoms with Crippen LogP contribution in [0.5, 0.6) is 0 Å². The van der Waals surface area contributed by atoms with Crippen molar-refractivity contribution in [3.8, 4) is 11.1 Å². The molecule has 218 valence electrons. The lowest BCUT2D eigenvalue weighted by molar-refractivity contribution is -0.119. The molecule has 0 unspecified atom stereocenters. The smallest absolute Gasteiger partial charge is 0.216 e. The number of carbonyl (C=O) groups is 2. The molecule has 0 radical (unpaired) electrons. The Morgan fingerprint density at radius 2 is 1.95 bits per heavy atom. The number of aldehydes is 1. The number of aromatic nitrogens is 2. The summed E-state index contributed by atoms with van der Waals surface area (Å²) < 4.78 is 0. The van der Waals surface area contributed by atoms with E-state index < -0.39 is 5.54 Å². The van der Waals surface area contributed by atoms with Crippen LogP contribution in [0.4, 0.5) is 11.6 Å². The number of nitrogens with one attached hydrogen (secondary N) is 3. The second kappa shape index (κ2) is 15.3. The van der Waals surface area contributed by atoms with Crippen molar-refractivity contribution in [3.63, 3.8) is 0 Å². The highest BCUT2D eigenvalue weighted by atomic mass is 16.3. The Labute approximate surface area is 242 Å². The van der Waals surface area contributed by atoms with Gasteiger partial charge in [-0.15, -0.1) is 0 Å². The minimum absolute atomic E-state index is 0.0688. The minimum Gasteiger partial charge on any atom is -0.393 e. The first-order chi connectivity index (χ1) is 20.0. The Kier molecular flexibility index (Phi) is 11.2. The van der Waals surface area contributed by atoms with Crippen molar-refractivity contribution in [1.82, 2.24) is 20.2 Å². The van der Waals surface area contributed by atoms with Crippen molar-refractivity contribution in [2.45, 2.75) is 51.0 Å². The number of hydrogen-bond acceptors (Lipinski definition) is 8. The number of benzene rings is 1. The second-order valence-corrected chi connectivity index (χ2v) is 10.7. The number of aliphatic hydroxyl groups excluding tert-OH is 1. The van der Waals surface area contributed by atoms with E-state index in [1.54, 1.807) is 6.20 Å². The molecule has 1 aliphatic heterocycles. The molecule has 0 spiro atoms. The third kappa shape index (κ3) is 9.09. The van der Waals surface area contributed by atoms with E-state index in [0.717, 1.165) is 74.1 Å². The highest BCUT2D eigenvalue weighted by molar-refractivity contribution is 5.73. The maximum atomic E-state index is 12.3. The Balaban J connectivity index is 1.34. The van der Waals surface area contributed by atoms with Gasteiger partial charge in [0.1, 0.15) is 23.5 Å². The average molecular weight is 559 g/mol. The quantitative estimate of drug-likeness (QED) is 0.155. The molecule has 1 atom stereocenters. The molecule has 2 aromatic heterocycles. The molecule has 0 saturated carbocycles. The van der Waals surface area contributed by atoms with Gasteiger partial charge in [0.2, 0.25) is 5.91 Å². The molecule has 0 saturated heterocycles. The fourth-order valence-electron chi connectivity index (χ4n) is 5.10. The monoisotopic (exact) mass is 558 g/mol. The van der Waals surface area contributed by atoms with Gasteiger partial charge in [-0.05, 0) is 80.0 Å². The van der Waals surface area contributed by atoms with Gasteiger partial charge in [0.05, 0.1) is 6.61 Å². The Morgan fingerprint density at radius 3 is 2.73 bits per heavy atom. The van der Waals surface area contributed by atoms with Gasteiger partial charge in [0, 0.05) is 45.0 Å². The number of aliphatic hydroxyl groups is 1. The second-order valence-electron chi connectivity index (χ2n) is 10.7. The Morgan fingerprint density at radius 1 is 1.10 bits per heavy atom. The third-order valence-corrected chi connectivity index (χ3v) is 7.54. The first-order valence-corrected chi connectivity index (χ1v) is 14.6. The number of pyridine rings is 2. The van der Waals surface area contributed by atoms with E-state index in [1.807, 2.05) is 42.5 Å². The summed E-state index contributed by atoms with van der Waals surface area (Å²) in [6, 6.07) is 18.1. The number of nitrogens with zero attached hydrogens (tertiary/aromatic N) is 3. The number of unbranched alkanes of at least 4 members (excludes halogenated alkanes) is 1. The number of aryl methyl sites for hydroxylation is 2. The van der Waals surface area contributed by atoms with Crippen LogP contribution in [-0.4, -0.2) is 77.0 Å². The van der Waals surface area contributed by atoms with Crippen molar-refractivity contribution < 1.29 is 14.7 Å². The maximum Gasteiger partial charge on any atom is 0.216 e. The summed E-state index contributed by atoms with van der Waals surface area (Å²) in [6.07, 6.45) is 7.94. The van der Waals surface area contributed by atoms with Crippen LogP contribution in [0.1, 0.15) is 43.9 Å². The standard InChI is InChI=1S/C32H42N6O3/c1-25(41)33-18-21-38(19-6-5-11-29-13-12-27-10-7-16-35-31(27)36-29)20-15-32(23-39,24-40)37-30-22-28(14-17-34-30)26-8-3-2-4-9-26/h2-4,8-9,12-14,17,22-23,40H,5-7,10-11,15-16,18-21,24H2,1H3,(H,33,41)(H,34,37)(H,35,36)/t32-/m0/s1. The molecule has 0 fully saturated rings.